The van der Waals surface area contributed by atoms with Crippen LogP contribution in [0.1, 0.15) is 32.8 Å². The van der Waals surface area contributed by atoms with Crippen LogP contribution in [0, 0.1) is 5.82 Å². The van der Waals surface area contributed by atoms with Crippen molar-refractivity contribution in [3.05, 3.63) is 66.4 Å². The van der Waals surface area contributed by atoms with Gasteiger partial charge in [0.1, 0.15) is 22.7 Å². The lowest BCUT2D eigenvalue weighted by atomic mass is 10.0. The first-order valence-corrected chi connectivity index (χ1v) is 13.4. The van der Waals surface area contributed by atoms with Crippen LogP contribution in [0.15, 0.2) is 55.0 Å². The normalized spacial score (nSPS) is 19.5. The van der Waals surface area contributed by atoms with Crippen molar-refractivity contribution in [3.63, 3.8) is 0 Å². The van der Waals surface area contributed by atoms with Gasteiger partial charge in [-0.05, 0) is 45.4 Å². The summed E-state index contributed by atoms with van der Waals surface area (Å²) >= 11 is 0. The number of rotatable bonds is 4. The van der Waals surface area contributed by atoms with E-state index in [0.29, 0.717) is 49.0 Å². The average Bonchev–Trinajstić information content (AvgIpc) is 3.51. The van der Waals surface area contributed by atoms with E-state index in [-0.39, 0.29) is 18.5 Å². The smallest absolute Gasteiger partial charge is 0.410 e. The number of carbonyl (C=O) groups is 1. The summed E-state index contributed by atoms with van der Waals surface area (Å²) in [6.07, 6.45) is 5.74. The molecule has 208 valence electrons. The molecule has 2 aliphatic heterocycles. The van der Waals surface area contributed by atoms with E-state index in [9.17, 15) is 9.18 Å². The molecule has 1 spiro atoms. The molecule has 5 heterocycles. The minimum Gasteiger partial charge on any atom is -0.444 e. The second kappa shape index (κ2) is 10.1. The maximum atomic E-state index is 14.3. The number of hydrogen-bond donors (Lipinski definition) is 0. The number of halogens is 1. The fraction of sp³-hybridized carbons (Fsp3) is 0.414. The van der Waals surface area contributed by atoms with Crippen molar-refractivity contribution in [2.75, 3.05) is 37.7 Å². The van der Waals surface area contributed by atoms with E-state index in [2.05, 4.69) is 19.9 Å². The molecular weight excluding hydrogens is 513 g/mol. The highest BCUT2D eigenvalue weighted by Crippen LogP contribution is 2.33. The van der Waals surface area contributed by atoms with E-state index in [1.807, 2.05) is 32.9 Å². The summed E-state index contributed by atoms with van der Waals surface area (Å²) in [5.74, 6) is 0.178. The Morgan fingerprint density at radius 3 is 2.65 bits per heavy atom. The van der Waals surface area contributed by atoms with Crippen molar-refractivity contribution < 1.29 is 18.7 Å². The van der Waals surface area contributed by atoms with E-state index in [4.69, 9.17) is 14.6 Å². The molecular formula is C29H32FN7O3. The van der Waals surface area contributed by atoms with Crippen LogP contribution >= 0.6 is 0 Å². The third-order valence-corrected chi connectivity index (χ3v) is 7.22. The molecule has 2 fully saturated rings. The van der Waals surface area contributed by atoms with E-state index in [0.717, 1.165) is 24.0 Å². The summed E-state index contributed by atoms with van der Waals surface area (Å²) in [5, 5.41) is 5.52. The number of ether oxygens (including phenoxy) is 2. The lowest BCUT2D eigenvalue weighted by Gasteiger charge is -2.40. The van der Waals surface area contributed by atoms with Crippen molar-refractivity contribution in [2.45, 2.75) is 44.9 Å². The minimum atomic E-state index is -0.543. The highest BCUT2D eigenvalue weighted by atomic mass is 19.1. The topological polar surface area (TPSA) is 98.5 Å². The molecule has 0 saturated carbocycles. The Morgan fingerprint density at radius 2 is 1.88 bits per heavy atom. The summed E-state index contributed by atoms with van der Waals surface area (Å²) in [6.45, 7) is 8.71. The van der Waals surface area contributed by atoms with Crippen LogP contribution in [0.25, 0.3) is 22.6 Å². The van der Waals surface area contributed by atoms with Crippen molar-refractivity contribution in [2.24, 2.45) is 0 Å². The number of carbonyl (C=O) groups excluding carboxylic acids is 1. The average molecular weight is 546 g/mol. The zero-order valence-corrected chi connectivity index (χ0v) is 22.9. The summed E-state index contributed by atoms with van der Waals surface area (Å²) < 4.78 is 27.8. The number of hydrogen-bond acceptors (Lipinski definition) is 8. The largest absolute Gasteiger partial charge is 0.444 e. The first-order valence-electron chi connectivity index (χ1n) is 13.4. The molecule has 40 heavy (non-hydrogen) atoms. The number of nitrogens with zero attached hydrogens (tertiary/aromatic N) is 7. The summed E-state index contributed by atoms with van der Waals surface area (Å²) in [5.41, 5.74) is 1.62. The fourth-order valence-corrected chi connectivity index (χ4v) is 5.32. The maximum Gasteiger partial charge on any atom is 0.410 e. The lowest BCUT2D eigenvalue weighted by Crippen LogP contribution is -2.55. The minimum absolute atomic E-state index is 0.244. The molecule has 0 N–H and O–H groups in total. The van der Waals surface area contributed by atoms with Crippen LogP contribution in [0.5, 0.6) is 0 Å². The van der Waals surface area contributed by atoms with Gasteiger partial charge in [0, 0.05) is 31.4 Å². The molecule has 1 aromatic carbocycles. The molecule has 1 unspecified atom stereocenters. The van der Waals surface area contributed by atoms with E-state index >= 15 is 0 Å². The first-order chi connectivity index (χ1) is 19.2. The Balaban J connectivity index is 1.19. The molecule has 2 aliphatic rings. The van der Waals surface area contributed by atoms with E-state index < -0.39 is 11.2 Å². The van der Waals surface area contributed by atoms with Crippen molar-refractivity contribution >= 4 is 22.8 Å². The van der Waals surface area contributed by atoms with Gasteiger partial charge in [0.25, 0.3) is 0 Å². The second-order valence-electron chi connectivity index (χ2n) is 11.3. The lowest BCUT2D eigenvalue weighted by molar-refractivity contribution is -0.0958. The maximum absolute atomic E-state index is 14.3. The first kappa shape index (κ1) is 26.1. The quantitative estimate of drug-likeness (QED) is 0.375. The van der Waals surface area contributed by atoms with Crippen molar-refractivity contribution in [1.82, 2.24) is 29.6 Å². The van der Waals surface area contributed by atoms with Gasteiger partial charge in [-0.15, -0.1) is 0 Å². The standard InChI is InChI=1S/C29H32FN7O3/c1-28(2,3)40-27(38)36-13-14-39-29(19-36)10-12-35(18-29)21-15-32-25(33-16-21)24-22-8-6-11-31-26(22)37(34-24)17-20-7-4-5-9-23(20)30/h4-9,11,15-16H,10,12-14,17-19H2,1-3H3. The molecule has 1 amide bonds. The van der Waals surface area contributed by atoms with E-state index in [1.54, 1.807) is 46.4 Å². The fourth-order valence-electron chi connectivity index (χ4n) is 5.32. The van der Waals surface area contributed by atoms with Crippen molar-refractivity contribution in [1.29, 1.82) is 0 Å². The van der Waals surface area contributed by atoms with Gasteiger partial charge in [-0.3, -0.25) is 0 Å². The van der Waals surface area contributed by atoms with Gasteiger partial charge in [0.2, 0.25) is 0 Å². The number of pyridine rings is 1. The molecule has 0 bridgehead atoms. The summed E-state index contributed by atoms with van der Waals surface area (Å²) in [6, 6.07) is 10.4. The van der Waals surface area contributed by atoms with Gasteiger partial charge in [0.05, 0.1) is 43.2 Å². The molecule has 2 saturated heterocycles. The zero-order chi connectivity index (χ0) is 27.9. The van der Waals surface area contributed by atoms with Crippen LogP contribution in [0.3, 0.4) is 0 Å². The molecule has 10 nitrogen and oxygen atoms in total. The Kier molecular flexibility index (Phi) is 6.61. The van der Waals surface area contributed by atoms with Gasteiger partial charge < -0.3 is 19.3 Å². The van der Waals surface area contributed by atoms with E-state index in [1.165, 1.54) is 6.07 Å². The molecule has 11 heteroatoms. The summed E-state index contributed by atoms with van der Waals surface area (Å²) in [4.78, 5) is 30.4. The van der Waals surface area contributed by atoms with Crippen molar-refractivity contribution in [3.8, 4) is 11.5 Å². The van der Waals surface area contributed by atoms with Crippen LogP contribution in [-0.2, 0) is 16.0 Å². The molecule has 1 atom stereocenters. The van der Waals surface area contributed by atoms with Crippen LogP contribution in [-0.4, -0.2) is 79.7 Å². The molecule has 6 rings (SSSR count). The van der Waals surface area contributed by atoms with Crippen LogP contribution in [0.2, 0.25) is 0 Å². The molecule has 0 aliphatic carbocycles. The molecule has 4 aromatic rings. The molecule has 0 radical (unpaired) electrons. The van der Waals surface area contributed by atoms with Crippen LogP contribution < -0.4 is 4.90 Å². The SMILES string of the molecule is CC(C)(C)OC(=O)N1CCOC2(CCN(c3cnc(-c4nn(Cc5ccccc5F)c5ncccc45)nc3)C2)C1. The van der Waals surface area contributed by atoms with Gasteiger partial charge in [-0.1, -0.05) is 18.2 Å². The number of aromatic nitrogens is 5. The number of fused-ring (bicyclic) bond motifs is 1. The number of benzene rings is 1. The Labute approximate surface area is 231 Å². The Bertz CT molecular complexity index is 1530. The second-order valence-corrected chi connectivity index (χ2v) is 11.3. The third-order valence-electron chi connectivity index (χ3n) is 7.22. The highest BCUT2D eigenvalue weighted by molar-refractivity contribution is 5.89. The van der Waals surface area contributed by atoms with Gasteiger partial charge in [-0.2, -0.15) is 5.10 Å². The Hall–Kier alpha value is -4.12. The van der Waals surface area contributed by atoms with Gasteiger partial charge in [0.15, 0.2) is 11.5 Å². The zero-order valence-electron chi connectivity index (χ0n) is 22.9. The predicted octanol–water partition coefficient (Wildman–Crippen LogP) is 4.29. The predicted molar refractivity (Wildman–Crippen MR) is 147 cm³/mol. The number of morpholine rings is 1. The number of amides is 1. The third kappa shape index (κ3) is 5.21. The molecule has 3 aromatic heterocycles. The highest BCUT2D eigenvalue weighted by Gasteiger charge is 2.45. The van der Waals surface area contributed by atoms with Gasteiger partial charge >= 0.3 is 6.09 Å². The monoisotopic (exact) mass is 545 g/mol. The number of anilines is 1. The summed E-state index contributed by atoms with van der Waals surface area (Å²) in [7, 11) is 0. The van der Waals surface area contributed by atoms with Crippen LogP contribution in [0.4, 0.5) is 14.9 Å². The van der Waals surface area contributed by atoms with Gasteiger partial charge in [-0.25, -0.2) is 28.8 Å². The Morgan fingerprint density at radius 1 is 1.07 bits per heavy atom.